The molecule has 296 valence electrons. The van der Waals surface area contributed by atoms with Crippen molar-refractivity contribution in [3.63, 3.8) is 0 Å². The van der Waals surface area contributed by atoms with Crippen LogP contribution in [0.4, 0.5) is 21.4 Å². The Balaban J connectivity index is 1.08. The van der Waals surface area contributed by atoms with Crippen LogP contribution in [0.1, 0.15) is 41.5 Å². The number of urea groups is 2. The van der Waals surface area contributed by atoms with Crippen LogP contribution in [0.2, 0.25) is 0 Å². The fourth-order valence-electron chi connectivity index (χ4n) is 8.06. The number of rotatable bonds is 12. The van der Waals surface area contributed by atoms with Gasteiger partial charge in [0.25, 0.3) is 5.91 Å². The topological polar surface area (TPSA) is 230 Å². The first-order valence-corrected chi connectivity index (χ1v) is 18.9. The molecule has 5 aromatic rings. The van der Waals surface area contributed by atoms with Gasteiger partial charge in [-0.05, 0) is 41.7 Å². The number of phenols is 1. The highest BCUT2D eigenvalue weighted by molar-refractivity contribution is 6.04. The lowest BCUT2D eigenvalue weighted by molar-refractivity contribution is -0.131. The van der Waals surface area contributed by atoms with E-state index in [-0.39, 0.29) is 36.7 Å². The monoisotopic (exact) mass is 776 g/mol. The van der Waals surface area contributed by atoms with Gasteiger partial charge in [-0.3, -0.25) is 9.69 Å². The Hall–Kier alpha value is -6.30. The SMILES string of the molecule is O=C(NCc1cccc(O)c1)N[C@@H]1CCN(c2nc(NCC(c3ccccc3)c3ccccc3)c3ncn([C@@H]4C[C@H](N5C(=O)NC(CO)C5=O)[C@@H](O)[C@H]4O)c3n2)C1. The van der Waals surface area contributed by atoms with Gasteiger partial charge in [0.1, 0.15) is 24.0 Å². The molecule has 0 radical (unpaired) electrons. The summed E-state index contributed by atoms with van der Waals surface area (Å²) in [6.45, 7) is 1.02. The molecule has 57 heavy (non-hydrogen) atoms. The summed E-state index contributed by atoms with van der Waals surface area (Å²) >= 11 is 0. The van der Waals surface area contributed by atoms with Gasteiger partial charge in [-0.15, -0.1) is 0 Å². The lowest BCUT2D eigenvalue weighted by Crippen LogP contribution is -2.47. The standard InChI is InChI=1S/C40H44N10O7/c51-21-29-37(55)50(40(57)45-29)31-17-30(33(53)34(31)54)49-22-43-32-35(41-19-28(24-9-3-1-4-10-24)25-11-5-2-6-12-25)46-38(47-36(32)49)48-15-14-26(20-48)44-39(56)42-18-23-8-7-13-27(52)16-23/h1-13,16,22,26,28-31,33-34,51-54H,14-15,17-21H2,(H,45,57)(H,41,46,47)(H2,42,44,56)/t26-,29?,30-,31+,33+,34-/m1/s1. The molecule has 8 rings (SSSR count). The molecule has 4 heterocycles. The third-order valence-corrected chi connectivity index (χ3v) is 11.0. The van der Waals surface area contributed by atoms with Crippen molar-refractivity contribution in [3.05, 3.63) is 108 Å². The zero-order valence-corrected chi connectivity index (χ0v) is 30.8. The van der Waals surface area contributed by atoms with Gasteiger partial charge in [0, 0.05) is 38.1 Å². The summed E-state index contributed by atoms with van der Waals surface area (Å²) < 4.78 is 1.65. The number of aliphatic hydroxyl groups is 3. The number of fused-ring (bicyclic) bond motifs is 1. The molecule has 0 spiro atoms. The fourth-order valence-corrected chi connectivity index (χ4v) is 8.06. The quantitative estimate of drug-likeness (QED) is 0.0849. The number of carbonyl (C=O) groups is 3. The molecule has 2 aromatic heterocycles. The molecule has 17 nitrogen and oxygen atoms in total. The number of nitrogens with one attached hydrogen (secondary N) is 4. The van der Waals surface area contributed by atoms with E-state index in [1.807, 2.05) is 47.4 Å². The second kappa shape index (κ2) is 16.0. The predicted molar refractivity (Wildman–Crippen MR) is 208 cm³/mol. The Morgan fingerprint density at radius 2 is 1.65 bits per heavy atom. The van der Waals surface area contributed by atoms with E-state index < -0.39 is 48.9 Å². The zero-order valence-electron chi connectivity index (χ0n) is 30.8. The summed E-state index contributed by atoms with van der Waals surface area (Å²) in [4.78, 5) is 56.0. The van der Waals surface area contributed by atoms with Gasteiger partial charge in [0.05, 0.1) is 25.0 Å². The van der Waals surface area contributed by atoms with Crippen molar-refractivity contribution in [1.29, 1.82) is 0 Å². The Bertz CT molecular complexity index is 2200. The highest BCUT2D eigenvalue weighted by atomic mass is 16.3. The summed E-state index contributed by atoms with van der Waals surface area (Å²) in [7, 11) is 0. The molecule has 1 unspecified atom stereocenters. The molecule has 3 aromatic carbocycles. The van der Waals surface area contributed by atoms with Crippen LogP contribution < -0.4 is 26.2 Å². The molecule has 6 atom stereocenters. The van der Waals surface area contributed by atoms with Crippen molar-refractivity contribution in [1.82, 2.24) is 40.4 Å². The van der Waals surface area contributed by atoms with Gasteiger partial charge in [-0.1, -0.05) is 72.8 Å². The Morgan fingerprint density at radius 3 is 2.33 bits per heavy atom. The van der Waals surface area contributed by atoms with E-state index >= 15 is 0 Å². The molecular formula is C40H44N10O7. The van der Waals surface area contributed by atoms with Crippen LogP contribution in [0.25, 0.3) is 11.2 Å². The lowest BCUT2D eigenvalue weighted by Gasteiger charge is -2.24. The molecule has 2 aliphatic heterocycles. The third-order valence-electron chi connectivity index (χ3n) is 11.0. The normalized spacial score (nSPS) is 23.4. The average molecular weight is 777 g/mol. The van der Waals surface area contributed by atoms with E-state index in [0.29, 0.717) is 49.0 Å². The third kappa shape index (κ3) is 7.64. The molecule has 8 N–H and O–H groups in total. The molecule has 1 saturated carbocycles. The minimum Gasteiger partial charge on any atom is -0.508 e. The Kier molecular flexibility index (Phi) is 10.6. The fraction of sp³-hybridized carbons (Fsp3) is 0.350. The summed E-state index contributed by atoms with van der Waals surface area (Å²) in [5.41, 5.74) is 3.73. The van der Waals surface area contributed by atoms with Crippen molar-refractivity contribution in [2.75, 3.05) is 36.5 Å². The number of hydrogen-bond donors (Lipinski definition) is 8. The van der Waals surface area contributed by atoms with Crippen molar-refractivity contribution in [2.24, 2.45) is 0 Å². The van der Waals surface area contributed by atoms with Crippen molar-refractivity contribution >= 4 is 40.9 Å². The van der Waals surface area contributed by atoms with Gasteiger partial charge in [0.15, 0.2) is 17.0 Å². The number of nitrogens with zero attached hydrogens (tertiary/aromatic N) is 6. The zero-order chi connectivity index (χ0) is 39.6. The molecule has 0 bridgehead atoms. The minimum absolute atomic E-state index is 0.00467. The molecule has 5 amide bonds. The van der Waals surface area contributed by atoms with E-state index in [0.717, 1.165) is 21.6 Å². The second-order valence-corrected chi connectivity index (χ2v) is 14.6. The number of benzene rings is 3. The van der Waals surface area contributed by atoms with Crippen LogP contribution in [0.3, 0.4) is 0 Å². The highest BCUT2D eigenvalue weighted by Gasteiger charge is 2.52. The molecule has 3 aliphatic rings. The molecule has 17 heteroatoms. The number of carbonyl (C=O) groups excluding carboxylic acids is 3. The Morgan fingerprint density at radius 1 is 0.930 bits per heavy atom. The molecule has 2 saturated heterocycles. The number of aromatic nitrogens is 4. The maximum absolute atomic E-state index is 13.0. The van der Waals surface area contributed by atoms with Crippen molar-refractivity contribution in [3.8, 4) is 5.75 Å². The summed E-state index contributed by atoms with van der Waals surface area (Å²) in [6, 6.07) is 22.5. The van der Waals surface area contributed by atoms with E-state index in [4.69, 9.17) is 9.97 Å². The van der Waals surface area contributed by atoms with Crippen LogP contribution in [0.5, 0.6) is 5.75 Å². The summed E-state index contributed by atoms with van der Waals surface area (Å²) in [5, 5.41) is 53.8. The number of aromatic hydroxyl groups is 1. The number of amides is 5. The van der Waals surface area contributed by atoms with Crippen LogP contribution in [0.15, 0.2) is 91.3 Å². The average Bonchev–Trinajstić information content (AvgIpc) is 4.00. The van der Waals surface area contributed by atoms with Crippen molar-refractivity contribution in [2.45, 2.75) is 61.7 Å². The van der Waals surface area contributed by atoms with Crippen LogP contribution in [0, 0.1) is 0 Å². The Labute approximate surface area is 327 Å². The van der Waals surface area contributed by atoms with E-state index in [2.05, 4.69) is 50.5 Å². The molecule has 3 fully saturated rings. The summed E-state index contributed by atoms with van der Waals surface area (Å²) in [6.07, 6.45) is -0.736. The van der Waals surface area contributed by atoms with Gasteiger partial charge in [0.2, 0.25) is 5.95 Å². The highest BCUT2D eigenvalue weighted by Crippen LogP contribution is 2.38. The van der Waals surface area contributed by atoms with Gasteiger partial charge < -0.3 is 51.2 Å². The second-order valence-electron chi connectivity index (χ2n) is 14.6. The first-order valence-electron chi connectivity index (χ1n) is 18.9. The van der Waals surface area contributed by atoms with E-state index in [9.17, 15) is 34.8 Å². The minimum atomic E-state index is -1.47. The summed E-state index contributed by atoms with van der Waals surface area (Å²) in [5.74, 6) is 0.184. The first-order chi connectivity index (χ1) is 27.7. The van der Waals surface area contributed by atoms with Gasteiger partial charge in [-0.25, -0.2) is 14.6 Å². The molecular weight excluding hydrogens is 733 g/mol. The lowest BCUT2D eigenvalue weighted by atomic mass is 9.91. The maximum Gasteiger partial charge on any atom is 0.325 e. The number of anilines is 2. The van der Waals surface area contributed by atoms with E-state index in [1.165, 1.54) is 6.33 Å². The van der Waals surface area contributed by atoms with Gasteiger partial charge in [-0.2, -0.15) is 9.97 Å². The number of phenolic OH excluding ortho intramolecular Hbond substituents is 1. The molecule has 1 aliphatic carbocycles. The van der Waals surface area contributed by atoms with Crippen LogP contribution in [-0.4, -0.2) is 119 Å². The van der Waals surface area contributed by atoms with Crippen LogP contribution >= 0.6 is 0 Å². The maximum atomic E-state index is 13.0. The van der Waals surface area contributed by atoms with Crippen LogP contribution in [-0.2, 0) is 11.3 Å². The number of aliphatic hydroxyl groups excluding tert-OH is 3. The van der Waals surface area contributed by atoms with E-state index in [1.54, 1.807) is 22.8 Å². The predicted octanol–water partition coefficient (Wildman–Crippen LogP) is 1.80. The number of imide groups is 1. The largest absolute Gasteiger partial charge is 0.508 e. The van der Waals surface area contributed by atoms with Gasteiger partial charge >= 0.3 is 12.1 Å². The number of imidazole rings is 1. The number of hydrogen-bond acceptors (Lipinski definition) is 12. The first kappa shape index (κ1) is 37.6. The smallest absolute Gasteiger partial charge is 0.325 e. The van der Waals surface area contributed by atoms with Crippen molar-refractivity contribution < 1.29 is 34.8 Å².